The Kier molecular flexibility index (Phi) is 9.52. The Hall–Kier alpha value is 0.371. The van der Waals surface area contributed by atoms with Gasteiger partial charge in [0, 0.05) is 40.8 Å². The fraction of sp³-hybridized carbons (Fsp3) is 0.600. The van der Waals surface area contributed by atoms with E-state index in [4.69, 9.17) is 0 Å². The van der Waals surface area contributed by atoms with Gasteiger partial charge in [0.2, 0.25) is 0 Å². The van der Waals surface area contributed by atoms with Gasteiger partial charge in [-0.1, -0.05) is 44.4 Å². The normalized spacial score (nSPS) is 10.1. The van der Waals surface area contributed by atoms with Crippen LogP contribution < -0.4 is 0 Å². The summed E-state index contributed by atoms with van der Waals surface area (Å²) < 4.78 is 0. The minimum atomic E-state index is 0. The zero-order valence-corrected chi connectivity index (χ0v) is 14.6. The van der Waals surface area contributed by atoms with E-state index < -0.39 is 0 Å². The summed E-state index contributed by atoms with van der Waals surface area (Å²) in [5.74, 6) is 0.549. The van der Waals surface area contributed by atoms with Crippen LogP contribution in [0.4, 0.5) is 0 Å². The largest absolute Gasteiger partial charge is 0.507 e. The van der Waals surface area contributed by atoms with Gasteiger partial charge in [-0.3, -0.25) is 0 Å². The van der Waals surface area contributed by atoms with Crippen LogP contribution in [0.1, 0.15) is 56.2 Å². The van der Waals surface area contributed by atoms with Crippen molar-refractivity contribution in [1.29, 1.82) is 0 Å². The summed E-state index contributed by atoms with van der Waals surface area (Å²) in [5, 5.41) is 10.2. The first-order chi connectivity index (χ1) is 7.69. The monoisotopic (exact) mass is 362 g/mol. The van der Waals surface area contributed by atoms with Gasteiger partial charge in [0.25, 0.3) is 0 Å². The number of hydrogen-bond acceptors (Lipinski definition) is 1. The third-order valence-electron chi connectivity index (χ3n) is 3.01. The van der Waals surface area contributed by atoms with E-state index in [0.717, 1.165) is 36.8 Å². The molecule has 0 amide bonds. The van der Waals surface area contributed by atoms with Crippen molar-refractivity contribution in [2.45, 2.75) is 59.3 Å². The molecule has 1 aromatic rings. The van der Waals surface area contributed by atoms with E-state index in [1.165, 1.54) is 18.4 Å². The third kappa shape index (κ3) is 5.69. The summed E-state index contributed by atoms with van der Waals surface area (Å²) >= 11 is 0. The molecule has 0 aliphatic rings. The third-order valence-corrected chi connectivity index (χ3v) is 3.01. The van der Waals surface area contributed by atoms with E-state index in [1.807, 2.05) is 0 Å². The SMILES string of the molecule is CCCCc1cc(C)cc(CCCC)c1O.[Nd]. The van der Waals surface area contributed by atoms with Crippen molar-refractivity contribution < 1.29 is 45.9 Å². The molecular formula is C15H24NdO. The molecule has 1 rings (SSSR count). The zero-order valence-electron chi connectivity index (χ0n) is 11.3. The molecule has 0 saturated heterocycles. The number of phenols is 1. The zero-order chi connectivity index (χ0) is 12.0. The Bertz CT molecular complexity index is 305. The molecule has 94 valence electrons. The van der Waals surface area contributed by atoms with E-state index in [9.17, 15) is 5.11 Å². The molecule has 0 fully saturated rings. The topological polar surface area (TPSA) is 20.2 Å². The van der Waals surface area contributed by atoms with Crippen molar-refractivity contribution in [1.82, 2.24) is 0 Å². The van der Waals surface area contributed by atoms with Crippen LogP contribution in [0.15, 0.2) is 12.1 Å². The summed E-state index contributed by atoms with van der Waals surface area (Å²) in [5.41, 5.74) is 3.54. The molecular weight excluding hydrogens is 340 g/mol. The fourth-order valence-electron chi connectivity index (χ4n) is 2.05. The first-order valence-electron chi connectivity index (χ1n) is 6.50. The van der Waals surface area contributed by atoms with Crippen LogP contribution in [-0.4, -0.2) is 5.11 Å². The van der Waals surface area contributed by atoms with Crippen molar-refractivity contribution in [2.24, 2.45) is 0 Å². The molecule has 17 heavy (non-hydrogen) atoms. The molecule has 0 bridgehead atoms. The molecule has 0 heterocycles. The Labute approximate surface area is 139 Å². The van der Waals surface area contributed by atoms with Crippen molar-refractivity contribution >= 4 is 0 Å². The number of rotatable bonds is 6. The number of phenolic OH excluding ortho intramolecular Hbond substituents is 1. The van der Waals surface area contributed by atoms with Crippen LogP contribution >= 0.6 is 0 Å². The van der Waals surface area contributed by atoms with Gasteiger partial charge in [0.15, 0.2) is 0 Å². The molecule has 0 aromatic heterocycles. The molecule has 1 aromatic carbocycles. The van der Waals surface area contributed by atoms with Gasteiger partial charge >= 0.3 is 0 Å². The average molecular weight is 365 g/mol. The Morgan fingerprint density at radius 1 is 0.941 bits per heavy atom. The summed E-state index contributed by atoms with van der Waals surface area (Å²) in [6, 6.07) is 4.25. The Balaban J connectivity index is 0.00000256. The summed E-state index contributed by atoms with van der Waals surface area (Å²) in [6.45, 7) is 6.49. The average Bonchev–Trinajstić information content (AvgIpc) is 2.28. The van der Waals surface area contributed by atoms with Gasteiger partial charge in [-0.2, -0.15) is 0 Å². The van der Waals surface area contributed by atoms with Gasteiger partial charge in [-0.25, -0.2) is 0 Å². The summed E-state index contributed by atoms with van der Waals surface area (Å²) in [4.78, 5) is 0. The number of aryl methyl sites for hydroxylation is 3. The first kappa shape index (κ1) is 17.4. The van der Waals surface area contributed by atoms with Crippen LogP contribution in [0.2, 0.25) is 0 Å². The predicted octanol–water partition coefficient (Wildman–Crippen LogP) is 4.39. The first-order valence-corrected chi connectivity index (χ1v) is 6.50. The van der Waals surface area contributed by atoms with Crippen LogP contribution in [0.25, 0.3) is 0 Å². The van der Waals surface area contributed by atoms with Crippen molar-refractivity contribution in [3.05, 3.63) is 28.8 Å². The smallest absolute Gasteiger partial charge is 0.121 e. The van der Waals surface area contributed by atoms with E-state index in [-0.39, 0.29) is 40.8 Å². The molecule has 2 heteroatoms. The predicted molar refractivity (Wildman–Crippen MR) is 70.1 cm³/mol. The maximum atomic E-state index is 10.2. The standard InChI is InChI=1S/C15H24O.Nd/c1-4-6-8-13-10-12(3)11-14(15(13)16)9-7-5-2;/h10-11,16H,4-9H2,1-3H3;. The molecule has 0 spiro atoms. The van der Waals surface area contributed by atoms with Crippen LogP contribution in [-0.2, 0) is 12.8 Å². The van der Waals surface area contributed by atoms with Crippen LogP contribution in [0.5, 0.6) is 5.75 Å². The van der Waals surface area contributed by atoms with Crippen LogP contribution in [0, 0.1) is 47.8 Å². The number of hydrogen-bond donors (Lipinski definition) is 1. The van der Waals surface area contributed by atoms with Crippen molar-refractivity contribution in [3.63, 3.8) is 0 Å². The molecule has 0 unspecified atom stereocenters. The summed E-state index contributed by atoms with van der Waals surface area (Å²) in [7, 11) is 0. The Morgan fingerprint density at radius 2 is 1.35 bits per heavy atom. The van der Waals surface area contributed by atoms with Gasteiger partial charge in [0.1, 0.15) is 5.75 Å². The van der Waals surface area contributed by atoms with Crippen molar-refractivity contribution in [3.8, 4) is 5.75 Å². The van der Waals surface area contributed by atoms with Gasteiger partial charge < -0.3 is 5.11 Å². The molecule has 1 nitrogen and oxygen atoms in total. The number of unbranched alkanes of at least 4 members (excludes halogenated alkanes) is 2. The number of aromatic hydroxyl groups is 1. The quantitative estimate of drug-likeness (QED) is 0.794. The summed E-state index contributed by atoms with van der Waals surface area (Å²) in [6.07, 6.45) is 6.68. The van der Waals surface area contributed by atoms with E-state index in [2.05, 4.69) is 32.9 Å². The molecule has 1 N–H and O–H groups in total. The van der Waals surface area contributed by atoms with E-state index in [1.54, 1.807) is 0 Å². The fourth-order valence-corrected chi connectivity index (χ4v) is 2.05. The van der Waals surface area contributed by atoms with Crippen LogP contribution in [0.3, 0.4) is 0 Å². The van der Waals surface area contributed by atoms with Gasteiger partial charge in [0.05, 0.1) is 0 Å². The second-order valence-corrected chi connectivity index (χ2v) is 4.64. The van der Waals surface area contributed by atoms with Crippen molar-refractivity contribution in [2.75, 3.05) is 0 Å². The maximum absolute atomic E-state index is 10.2. The maximum Gasteiger partial charge on any atom is 0.121 e. The Morgan fingerprint density at radius 3 is 1.71 bits per heavy atom. The molecule has 0 saturated carbocycles. The number of benzene rings is 1. The van der Waals surface area contributed by atoms with E-state index in [0.29, 0.717) is 5.75 Å². The molecule has 0 atom stereocenters. The minimum Gasteiger partial charge on any atom is -0.507 e. The van der Waals surface area contributed by atoms with E-state index >= 15 is 0 Å². The molecule has 0 radical (unpaired) electrons. The minimum absolute atomic E-state index is 0. The molecule has 0 aliphatic heterocycles. The van der Waals surface area contributed by atoms with Gasteiger partial charge in [-0.15, -0.1) is 0 Å². The van der Waals surface area contributed by atoms with Gasteiger partial charge in [-0.05, 0) is 43.7 Å². The second kappa shape index (κ2) is 9.32. The second-order valence-electron chi connectivity index (χ2n) is 4.64. The molecule has 0 aliphatic carbocycles.